The van der Waals surface area contributed by atoms with Crippen molar-refractivity contribution in [2.45, 2.75) is 0 Å². The van der Waals surface area contributed by atoms with Gasteiger partial charge in [-0.1, -0.05) is 11.6 Å². The van der Waals surface area contributed by atoms with Gasteiger partial charge in [0.15, 0.2) is 17.3 Å². The van der Waals surface area contributed by atoms with Crippen molar-refractivity contribution in [3.8, 4) is 28.6 Å². The van der Waals surface area contributed by atoms with Crippen molar-refractivity contribution in [2.24, 2.45) is 0 Å². The molecule has 0 radical (unpaired) electrons. The highest BCUT2D eigenvalue weighted by Gasteiger charge is 2.21. The van der Waals surface area contributed by atoms with E-state index in [-0.39, 0.29) is 6.79 Å². The van der Waals surface area contributed by atoms with E-state index in [1.54, 1.807) is 19.4 Å². The molecule has 0 unspecified atom stereocenters. The standard InChI is InChI=1S/C12H8ClIN2O3/c1-17-8-2-6(3-9-10(8)19-5-18-9)12-15-4-7(14)11(13)16-12/h2-4H,5H2,1H3. The highest BCUT2D eigenvalue weighted by Crippen LogP contribution is 2.43. The Kier molecular flexibility index (Phi) is 3.36. The first-order valence-corrected chi connectivity index (χ1v) is 6.81. The molecule has 19 heavy (non-hydrogen) atoms. The maximum Gasteiger partial charge on any atom is 0.231 e. The number of aromatic nitrogens is 2. The van der Waals surface area contributed by atoms with E-state index in [2.05, 4.69) is 32.6 Å². The fourth-order valence-corrected chi connectivity index (χ4v) is 2.13. The van der Waals surface area contributed by atoms with Crippen molar-refractivity contribution in [1.29, 1.82) is 0 Å². The summed E-state index contributed by atoms with van der Waals surface area (Å²) in [7, 11) is 1.57. The Labute approximate surface area is 128 Å². The molecule has 1 aliphatic rings. The predicted octanol–water partition coefficient (Wildman–Crippen LogP) is 3.14. The van der Waals surface area contributed by atoms with Gasteiger partial charge in [-0.25, -0.2) is 9.97 Å². The molecule has 98 valence electrons. The van der Waals surface area contributed by atoms with Gasteiger partial charge in [-0.05, 0) is 34.7 Å². The van der Waals surface area contributed by atoms with Crippen molar-refractivity contribution in [3.63, 3.8) is 0 Å². The summed E-state index contributed by atoms with van der Waals surface area (Å²) in [5.74, 6) is 2.32. The maximum absolute atomic E-state index is 6.01. The van der Waals surface area contributed by atoms with Crippen LogP contribution in [0.15, 0.2) is 18.3 Å². The van der Waals surface area contributed by atoms with Gasteiger partial charge in [0.25, 0.3) is 0 Å². The second-order valence-corrected chi connectivity index (χ2v) is 5.26. The Morgan fingerprint density at radius 3 is 2.95 bits per heavy atom. The van der Waals surface area contributed by atoms with Crippen LogP contribution in [0, 0.1) is 3.57 Å². The average Bonchev–Trinajstić information content (AvgIpc) is 2.89. The summed E-state index contributed by atoms with van der Waals surface area (Å²) in [5.41, 5.74) is 0.763. The van der Waals surface area contributed by atoms with Crippen molar-refractivity contribution >= 4 is 34.2 Å². The van der Waals surface area contributed by atoms with Crippen molar-refractivity contribution in [3.05, 3.63) is 27.1 Å². The van der Waals surface area contributed by atoms with Crippen LogP contribution in [0.4, 0.5) is 0 Å². The Hall–Kier alpha value is -1.28. The lowest BCUT2D eigenvalue weighted by Crippen LogP contribution is -1.94. The van der Waals surface area contributed by atoms with Gasteiger partial charge in [-0.3, -0.25) is 0 Å². The Morgan fingerprint density at radius 2 is 2.21 bits per heavy atom. The van der Waals surface area contributed by atoms with Gasteiger partial charge in [-0.15, -0.1) is 0 Å². The van der Waals surface area contributed by atoms with Gasteiger partial charge in [0, 0.05) is 11.8 Å². The molecule has 0 saturated carbocycles. The topological polar surface area (TPSA) is 53.5 Å². The molecule has 1 aromatic heterocycles. The summed E-state index contributed by atoms with van der Waals surface area (Å²) in [5, 5.41) is 0.419. The minimum Gasteiger partial charge on any atom is -0.493 e. The highest BCUT2D eigenvalue weighted by molar-refractivity contribution is 14.1. The molecule has 2 aromatic rings. The quantitative estimate of drug-likeness (QED) is 0.582. The summed E-state index contributed by atoms with van der Waals surface area (Å²) in [6.45, 7) is 0.184. The van der Waals surface area contributed by atoms with E-state index in [1.165, 1.54) is 0 Å². The number of benzene rings is 1. The third-order valence-corrected chi connectivity index (χ3v) is 4.01. The van der Waals surface area contributed by atoms with E-state index in [4.69, 9.17) is 25.8 Å². The minimum absolute atomic E-state index is 0.184. The minimum atomic E-state index is 0.184. The van der Waals surface area contributed by atoms with Gasteiger partial charge in [0.1, 0.15) is 5.15 Å². The zero-order chi connectivity index (χ0) is 13.4. The van der Waals surface area contributed by atoms with E-state index in [0.29, 0.717) is 28.2 Å². The van der Waals surface area contributed by atoms with Crippen LogP contribution >= 0.6 is 34.2 Å². The molecule has 7 heteroatoms. The monoisotopic (exact) mass is 390 g/mol. The van der Waals surface area contributed by atoms with Crippen LogP contribution in [0.3, 0.4) is 0 Å². The predicted molar refractivity (Wildman–Crippen MR) is 77.9 cm³/mol. The molecule has 0 bridgehead atoms. The molecule has 0 amide bonds. The third kappa shape index (κ3) is 2.30. The van der Waals surface area contributed by atoms with Gasteiger partial charge in [-0.2, -0.15) is 0 Å². The van der Waals surface area contributed by atoms with Crippen molar-refractivity contribution in [2.75, 3.05) is 13.9 Å². The summed E-state index contributed by atoms with van der Waals surface area (Å²) in [6.07, 6.45) is 1.67. The Balaban J connectivity index is 2.12. The number of nitrogens with zero attached hydrogens (tertiary/aromatic N) is 2. The second-order valence-electron chi connectivity index (χ2n) is 3.74. The van der Waals surface area contributed by atoms with Crippen LogP contribution in [0.5, 0.6) is 17.2 Å². The lowest BCUT2D eigenvalue weighted by molar-refractivity contribution is 0.171. The summed E-state index contributed by atoms with van der Waals surface area (Å²) < 4.78 is 16.8. The van der Waals surface area contributed by atoms with Crippen LogP contribution in [0.2, 0.25) is 5.15 Å². The van der Waals surface area contributed by atoms with Crippen LogP contribution in [0.1, 0.15) is 0 Å². The lowest BCUT2D eigenvalue weighted by atomic mass is 10.1. The van der Waals surface area contributed by atoms with E-state index in [0.717, 1.165) is 9.13 Å². The summed E-state index contributed by atoms with van der Waals surface area (Å²) >= 11 is 8.09. The summed E-state index contributed by atoms with van der Waals surface area (Å²) in [6, 6.07) is 3.61. The number of ether oxygens (including phenoxy) is 3. The Morgan fingerprint density at radius 1 is 1.37 bits per heavy atom. The number of methoxy groups -OCH3 is 1. The third-order valence-electron chi connectivity index (χ3n) is 2.62. The molecule has 0 N–H and O–H groups in total. The summed E-state index contributed by atoms with van der Waals surface area (Å²) in [4.78, 5) is 8.49. The SMILES string of the molecule is COc1cc(-c2ncc(I)c(Cl)n2)cc2c1OCO2. The molecule has 0 fully saturated rings. The zero-order valence-electron chi connectivity index (χ0n) is 9.81. The highest BCUT2D eigenvalue weighted by atomic mass is 127. The molecule has 0 aliphatic carbocycles. The molecule has 0 saturated heterocycles. The van der Waals surface area contributed by atoms with Crippen LogP contribution < -0.4 is 14.2 Å². The van der Waals surface area contributed by atoms with Crippen molar-refractivity contribution in [1.82, 2.24) is 9.97 Å². The van der Waals surface area contributed by atoms with Crippen LogP contribution in [-0.4, -0.2) is 23.9 Å². The van der Waals surface area contributed by atoms with E-state index >= 15 is 0 Å². The molecule has 1 aromatic carbocycles. The first-order valence-electron chi connectivity index (χ1n) is 5.35. The molecule has 5 nitrogen and oxygen atoms in total. The normalized spacial score (nSPS) is 12.6. The van der Waals surface area contributed by atoms with Gasteiger partial charge >= 0.3 is 0 Å². The lowest BCUT2D eigenvalue weighted by Gasteiger charge is -2.07. The van der Waals surface area contributed by atoms with E-state index in [1.807, 2.05) is 6.07 Å². The van der Waals surface area contributed by atoms with Crippen molar-refractivity contribution < 1.29 is 14.2 Å². The maximum atomic E-state index is 6.01. The number of rotatable bonds is 2. The van der Waals surface area contributed by atoms with E-state index in [9.17, 15) is 0 Å². The van der Waals surface area contributed by atoms with Crippen LogP contribution in [-0.2, 0) is 0 Å². The number of halogens is 2. The zero-order valence-corrected chi connectivity index (χ0v) is 12.7. The average molecular weight is 391 g/mol. The largest absolute Gasteiger partial charge is 0.493 e. The molecule has 1 aliphatic heterocycles. The van der Waals surface area contributed by atoms with Gasteiger partial charge in [0.2, 0.25) is 12.5 Å². The first-order chi connectivity index (χ1) is 9.19. The molecule has 0 atom stereocenters. The second kappa shape index (κ2) is 5.01. The fourth-order valence-electron chi connectivity index (χ4n) is 1.74. The molecule has 3 rings (SSSR count). The molecular weight excluding hydrogens is 383 g/mol. The van der Waals surface area contributed by atoms with Gasteiger partial charge < -0.3 is 14.2 Å². The van der Waals surface area contributed by atoms with E-state index < -0.39 is 0 Å². The molecule has 2 heterocycles. The molecule has 0 spiro atoms. The first kappa shape index (κ1) is 12.7. The molecular formula is C12H8ClIN2O3. The van der Waals surface area contributed by atoms with Crippen LogP contribution in [0.25, 0.3) is 11.4 Å². The Bertz CT molecular complexity index is 651. The number of hydrogen-bond acceptors (Lipinski definition) is 5. The fraction of sp³-hybridized carbons (Fsp3) is 0.167. The van der Waals surface area contributed by atoms with Gasteiger partial charge in [0.05, 0.1) is 10.7 Å². The number of hydrogen-bond donors (Lipinski definition) is 0. The number of fused-ring (bicyclic) bond motifs is 1. The smallest absolute Gasteiger partial charge is 0.231 e.